The highest BCUT2D eigenvalue weighted by Gasteiger charge is 2.15. The highest BCUT2D eigenvalue weighted by atomic mass is 15.4. The van der Waals surface area contributed by atoms with E-state index in [-0.39, 0.29) is 0 Å². The van der Waals surface area contributed by atoms with E-state index in [2.05, 4.69) is 40.3 Å². The van der Waals surface area contributed by atoms with Crippen LogP contribution in [0.4, 0.5) is 0 Å². The van der Waals surface area contributed by atoms with E-state index in [4.69, 9.17) is 5.10 Å². The molecule has 0 aliphatic carbocycles. The van der Waals surface area contributed by atoms with Gasteiger partial charge in [0, 0.05) is 22.5 Å². The molecule has 4 nitrogen and oxygen atoms in total. The van der Waals surface area contributed by atoms with Crippen molar-refractivity contribution in [3.05, 3.63) is 84.2 Å². The third-order valence-electron chi connectivity index (χ3n) is 4.01. The van der Waals surface area contributed by atoms with Crippen LogP contribution in [-0.2, 0) is 0 Å². The molecular formula is C21H18N4. The van der Waals surface area contributed by atoms with Crippen LogP contribution in [0.3, 0.4) is 0 Å². The van der Waals surface area contributed by atoms with E-state index in [1.807, 2.05) is 61.0 Å². The molecule has 0 spiro atoms. The molecule has 2 heterocycles. The first-order valence-corrected chi connectivity index (χ1v) is 8.24. The van der Waals surface area contributed by atoms with Gasteiger partial charge < -0.3 is 0 Å². The van der Waals surface area contributed by atoms with Crippen LogP contribution >= 0.6 is 0 Å². The van der Waals surface area contributed by atoms with Crippen LogP contribution in [0.1, 0.15) is 11.4 Å². The first-order valence-electron chi connectivity index (χ1n) is 8.24. The highest BCUT2D eigenvalue weighted by molar-refractivity contribution is 5.69. The molecule has 2 aromatic carbocycles. The minimum atomic E-state index is 0.596. The van der Waals surface area contributed by atoms with Crippen molar-refractivity contribution >= 4 is 0 Å². The quantitative estimate of drug-likeness (QED) is 0.552. The van der Waals surface area contributed by atoms with Crippen molar-refractivity contribution in [3.8, 4) is 28.5 Å². The lowest BCUT2D eigenvalue weighted by molar-refractivity contribution is 0.802. The zero-order chi connectivity index (χ0) is 17.2. The molecule has 122 valence electrons. The fraction of sp³-hybridized carbons (Fsp3) is 0.0952. The number of rotatable bonds is 3. The minimum Gasteiger partial charge on any atom is -0.216 e. The van der Waals surface area contributed by atoms with E-state index in [0.29, 0.717) is 5.95 Å². The highest BCUT2D eigenvalue weighted by Crippen LogP contribution is 2.27. The Kier molecular flexibility index (Phi) is 3.86. The molecule has 0 unspecified atom stereocenters. The number of benzene rings is 2. The molecule has 0 saturated carbocycles. The molecule has 0 bridgehead atoms. The maximum Gasteiger partial charge on any atom is 0.251 e. The topological polar surface area (TPSA) is 43.6 Å². The molecule has 0 aliphatic heterocycles. The first kappa shape index (κ1) is 15.3. The van der Waals surface area contributed by atoms with Crippen molar-refractivity contribution in [1.82, 2.24) is 19.7 Å². The van der Waals surface area contributed by atoms with E-state index in [0.717, 1.165) is 33.9 Å². The van der Waals surface area contributed by atoms with Gasteiger partial charge in [0.05, 0.1) is 11.4 Å². The maximum absolute atomic E-state index is 4.80. The SMILES string of the molecule is Cc1cc(C)nc(-n2nc(-c3ccccc3)cc2-c2ccccc2)n1. The molecule has 0 fully saturated rings. The van der Waals surface area contributed by atoms with E-state index in [9.17, 15) is 0 Å². The van der Waals surface area contributed by atoms with E-state index in [1.54, 1.807) is 0 Å². The standard InChI is InChI=1S/C21H18N4/c1-15-13-16(2)23-21(22-15)25-20(18-11-7-4-8-12-18)14-19(24-25)17-9-5-3-6-10-17/h3-14H,1-2H3. The fourth-order valence-corrected chi connectivity index (χ4v) is 2.90. The summed E-state index contributed by atoms with van der Waals surface area (Å²) in [6.07, 6.45) is 0. The first-order chi connectivity index (χ1) is 12.2. The Morgan fingerprint density at radius 2 is 1.24 bits per heavy atom. The molecule has 4 rings (SSSR count). The Labute approximate surface area is 146 Å². The van der Waals surface area contributed by atoms with Crippen molar-refractivity contribution in [2.45, 2.75) is 13.8 Å². The average Bonchev–Trinajstić information content (AvgIpc) is 3.08. The molecular weight excluding hydrogens is 308 g/mol. The summed E-state index contributed by atoms with van der Waals surface area (Å²) in [7, 11) is 0. The molecule has 4 heteroatoms. The predicted molar refractivity (Wildman–Crippen MR) is 99.5 cm³/mol. The molecule has 0 saturated heterocycles. The summed E-state index contributed by atoms with van der Waals surface area (Å²) in [6, 6.07) is 24.4. The van der Waals surface area contributed by atoms with Gasteiger partial charge in [-0.15, -0.1) is 0 Å². The van der Waals surface area contributed by atoms with Crippen molar-refractivity contribution in [3.63, 3.8) is 0 Å². The van der Waals surface area contributed by atoms with Gasteiger partial charge in [-0.3, -0.25) is 0 Å². The fourth-order valence-electron chi connectivity index (χ4n) is 2.90. The molecule has 0 amide bonds. The maximum atomic E-state index is 4.80. The van der Waals surface area contributed by atoms with Gasteiger partial charge in [-0.2, -0.15) is 9.78 Å². The molecule has 0 atom stereocenters. The summed E-state index contributed by atoms with van der Waals surface area (Å²) in [5, 5.41) is 4.80. The van der Waals surface area contributed by atoms with Gasteiger partial charge in [0.25, 0.3) is 5.95 Å². The Bertz CT molecular complexity index is 985. The lowest BCUT2D eigenvalue weighted by Crippen LogP contribution is -2.07. The Morgan fingerprint density at radius 3 is 1.84 bits per heavy atom. The summed E-state index contributed by atoms with van der Waals surface area (Å²) in [4.78, 5) is 9.17. The van der Waals surface area contributed by atoms with Crippen LogP contribution in [0.2, 0.25) is 0 Å². The molecule has 0 aliphatic rings. The summed E-state index contributed by atoms with van der Waals surface area (Å²) in [6.45, 7) is 3.95. The molecule has 0 N–H and O–H groups in total. The normalized spacial score (nSPS) is 10.8. The zero-order valence-electron chi connectivity index (χ0n) is 14.2. The zero-order valence-corrected chi connectivity index (χ0v) is 14.2. The van der Waals surface area contributed by atoms with Gasteiger partial charge in [-0.05, 0) is 26.0 Å². The monoisotopic (exact) mass is 326 g/mol. The Hall–Kier alpha value is -3.27. The summed E-state index contributed by atoms with van der Waals surface area (Å²) >= 11 is 0. The lowest BCUT2D eigenvalue weighted by atomic mass is 10.1. The molecule has 4 aromatic rings. The number of hydrogen-bond acceptors (Lipinski definition) is 3. The number of nitrogens with zero attached hydrogens (tertiary/aromatic N) is 4. The predicted octanol–water partition coefficient (Wildman–Crippen LogP) is 4.61. The van der Waals surface area contributed by atoms with Crippen molar-refractivity contribution in [2.75, 3.05) is 0 Å². The lowest BCUT2D eigenvalue weighted by Gasteiger charge is -2.07. The largest absolute Gasteiger partial charge is 0.251 e. The van der Waals surface area contributed by atoms with Gasteiger partial charge in [0.2, 0.25) is 0 Å². The number of aromatic nitrogens is 4. The molecule has 25 heavy (non-hydrogen) atoms. The van der Waals surface area contributed by atoms with Crippen LogP contribution in [-0.4, -0.2) is 19.7 Å². The summed E-state index contributed by atoms with van der Waals surface area (Å²) in [5.41, 5.74) is 5.89. The van der Waals surface area contributed by atoms with Gasteiger partial charge in [-0.25, -0.2) is 9.97 Å². The summed E-state index contributed by atoms with van der Waals surface area (Å²) in [5.74, 6) is 0.596. The van der Waals surface area contributed by atoms with Crippen LogP contribution in [0.25, 0.3) is 28.5 Å². The molecule has 0 radical (unpaired) electrons. The van der Waals surface area contributed by atoms with Gasteiger partial charge in [0.15, 0.2) is 0 Å². The Morgan fingerprint density at radius 1 is 0.680 bits per heavy atom. The smallest absolute Gasteiger partial charge is 0.216 e. The second-order valence-electron chi connectivity index (χ2n) is 6.01. The number of hydrogen-bond donors (Lipinski definition) is 0. The second kappa shape index (κ2) is 6.32. The second-order valence-corrected chi connectivity index (χ2v) is 6.01. The van der Waals surface area contributed by atoms with Crippen LogP contribution in [0.5, 0.6) is 0 Å². The van der Waals surface area contributed by atoms with Crippen LogP contribution in [0, 0.1) is 13.8 Å². The third kappa shape index (κ3) is 3.06. The van der Waals surface area contributed by atoms with Gasteiger partial charge in [0.1, 0.15) is 0 Å². The minimum absolute atomic E-state index is 0.596. The average molecular weight is 326 g/mol. The van der Waals surface area contributed by atoms with E-state index in [1.165, 1.54) is 0 Å². The van der Waals surface area contributed by atoms with Crippen LogP contribution < -0.4 is 0 Å². The summed E-state index contributed by atoms with van der Waals surface area (Å²) < 4.78 is 1.83. The van der Waals surface area contributed by atoms with Crippen molar-refractivity contribution in [1.29, 1.82) is 0 Å². The van der Waals surface area contributed by atoms with Crippen molar-refractivity contribution < 1.29 is 0 Å². The third-order valence-corrected chi connectivity index (χ3v) is 4.01. The Balaban J connectivity index is 1.94. The molecule has 2 aromatic heterocycles. The van der Waals surface area contributed by atoms with E-state index < -0.39 is 0 Å². The van der Waals surface area contributed by atoms with E-state index >= 15 is 0 Å². The number of aryl methyl sites for hydroxylation is 2. The van der Waals surface area contributed by atoms with Crippen LogP contribution in [0.15, 0.2) is 72.8 Å². The van der Waals surface area contributed by atoms with Gasteiger partial charge in [-0.1, -0.05) is 60.7 Å². The van der Waals surface area contributed by atoms with Crippen molar-refractivity contribution in [2.24, 2.45) is 0 Å². The van der Waals surface area contributed by atoms with Gasteiger partial charge >= 0.3 is 0 Å².